The van der Waals surface area contributed by atoms with Crippen LogP contribution in [0.5, 0.6) is 0 Å². The van der Waals surface area contributed by atoms with Crippen LogP contribution in [0.1, 0.15) is 30.8 Å². The van der Waals surface area contributed by atoms with Gasteiger partial charge in [-0.3, -0.25) is 4.79 Å². The van der Waals surface area contributed by atoms with Crippen LogP contribution in [-0.2, 0) is 9.84 Å². The van der Waals surface area contributed by atoms with Gasteiger partial charge in [-0.25, -0.2) is 18.4 Å². The first-order valence-corrected chi connectivity index (χ1v) is 8.28. The van der Waals surface area contributed by atoms with E-state index < -0.39 is 9.84 Å². The fourth-order valence-corrected chi connectivity index (χ4v) is 3.70. The first kappa shape index (κ1) is 14.7. The third kappa shape index (κ3) is 3.89. The van der Waals surface area contributed by atoms with Crippen molar-refractivity contribution >= 4 is 21.6 Å². The van der Waals surface area contributed by atoms with E-state index in [0.29, 0.717) is 12.2 Å². The highest BCUT2D eigenvalue weighted by Crippen LogP contribution is 2.12. The maximum absolute atomic E-state index is 12.0. The van der Waals surface area contributed by atoms with Gasteiger partial charge >= 0.3 is 0 Å². The lowest BCUT2D eigenvalue weighted by Gasteiger charge is -2.12. The maximum atomic E-state index is 12.0. The predicted octanol–water partition coefficient (Wildman–Crippen LogP) is 0.214. The monoisotopic (exact) mass is 298 g/mol. The first-order valence-electron chi connectivity index (χ1n) is 6.45. The predicted molar refractivity (Wildman–Crippen MR) is 75.3 cm³/mol. The van der Waals surface area contributed by atoms with Crippen molar-refractivity contribution in [1.29, 1.82) is 0 Å². The van der Waals surface area contributed by atoms with Crippen molar-refractivity contribution in [3.05, 3.63) is 18.1 Å². The van der Waals surface area contributed by atoms with Crippen LogP contribution in [0, 0.1) is 0 Å². The molecular formula is C12H18N4O3S. The van der Waals surface area contributed by atoms with E-state index in [-0.39, 0.29) is 35.2 Å². The van der Waals surface area contributed by atoms with E-state index in [0.717, 1.165) is 0 Å². The fourth-order valence-electron chi connectivity index (χ4n) is 2.02. The number of nitrogens with one attached hydrogen (secondary N) is 2. The van der Waals surface area contributed by atoms with E-state index in [9.17, 15) is 13.2 Å². The Labute approximate surface area is 118 Å². The van der Waals surface area contributed by atoms with Crippen molar-refractivity contribution in [2.75, 3.05) is 16.8 Å². The van der Waals surface area contributed by atoms with Crippen LogP contribution in [-0.4, -0.2) is 47.9 Å². The van der Waals surface area contributed by atoms with Gasteiger partial charge in [-0.2, -0.15) is 0 Å². The molecule has 0 radical (unpaired) electrons. The molecule has 1 aliphatic heterocycles. The van der Waals surface area contributed by atoms with Crippen molar-refractivity contribution in [3.63, 3.8) is 0 Å². The number of hydrogen-bond donors (Lipinski definition) is 2. The number of carbonyl (C=O) groups is 1. The average Bonchev–Trinajstić information content (AvgIpc) is 2.68. The topological polar surface area (TPSA) is 101 Å². The molecule has 2 N–H and O–H groups in total. The zero-order valence-electron chi connectivity index (χ0n) is 11.5. The Balaban J connectivity index is 2.02. The Hall–Kier alpha value is -1.70. The van der Waals surface area contributed by atoms with Crippen molar-refractivity contribution < 1.29 is 13.2 Å². The molecule has 1 saturated heterocycles. The first-order chi connectivity index (χ1) is 9.35. The van der Waals surface area contributed by atoms with Gasteiger partial charge < -0.3 is 10.6 Å². The molecule has 1 aromatic rings. The Bertz CT molecular complexity index is 600. The Morgan fingerprint density at radius 1 is 1.40 bits per heavy atom. The number of hydrogen-bond acceptors (Lipinski definition) is 6. The van der Waals surface area contributed by atoms with Gasteiger partial charge in [-0.05, 0) is 20.3 Å². The molecule has 0 saturated carbocycles. The maximum Gasteiger partial charge on any atom is 0.270 e. The molecule has 1 amide bonds. The van der Waals surface area contributed by atoms with Gasteiger partial charge in [-0.15, -0.1) is 0 Å². The third-order valence-electron chi connectivity index (χ3n) is 2.90. The molecule has 110 valence electrons. The summed E-state index contributed by atoms with van der Waals surface area (Å²) in [6, 6.07) is 1.42. The molecule has 20 heavy (non-hydrogen) atoms. The van der Waals surface area contributed by atoms with E-state index >= 15 is 0 Å². The van der Waals surface area contributed by atoms with E-state index in [1.165, 1.54) is 6.33 Å². The summed E-state index contributed by atoms with van der Waals surface area (Å²) >= 11 is 0. The van der Waals surface area contributed by atoms with E-state index in [4.69, 9.17) is 0 Å². The molecular weight excluding hydrogens is 280 g/mol. The minimum absolute atomic E-state index is 0.000917. The SMILES string of the molecule is CC(C)Nc1cc(C(=O)NC2CCS(=O)(=O)C2)ncn1. The van der Waals surface area contributed by atoms with Gasteiger partial charge in [0.15, 0.2) is 9.84 Å². The quantitative estimate of drug-likeness (QED) is 0.824. The Kier molecular flexibility index (Phi) is 4.22. The molecule has 0 aromatic carbocycles. The van der Waals surface area contributed by atoms with Crippen molar-refractivity contribution in [1.82, 2.24) is 15.3 Å². The lowest BCUT2D eigenvalue weighted by Crippen LogP contribution is -2.36. The summed E-state index contributed by atoms with van der Waals surface area (Å²) in [6.07, 6.45) is 1.77. The number of sulfone groups is 1. The molecule has 1 atom stereocenters. The van der Waals surface area contributed by atoms with Crippen molar-refractivity contribution in [2.45, 2.75) is 32.4 Å². The molecule has 0 spiro atoms. The molecule has 1 fully saturated rings. The normalized spacial score (nSPS) is 20.9. The van der Waals surface area contributed by atoms with E-state index in [1.54, 1.807) is 6.07 Å². The highest BCUT2D eigenvalue weighted by Gasteiger charge is 2.29. The molecule has 1 aromatic heterocycles. The fraction of sp³-hybridized carbons (Fsp3) is 0.583. The van der Waals surface area contributed by atoms with Crippen molar-refractivity contribution in [3.8, 4) is 0 Å². The van der Waals surface area contributed by atoms with Crippen LogP contribution in [0.15, 0.2) is 12.4 Å². The molecule has 1 aliphatic rings. The van der Waals surface area contributed by atoms with Gasteiger partial charge in [0.1, 0.15) is 17.8 Å². The molecule has 2 heterocycles. The smallest absolute Gasteiger partial charge is 0.270 e. The highest BCUT2D eigenvalue weighted by atomic mass is 32.2. The summed E-state index contributed by atoms with van der Waals surface area (Å²) in [7, 11) is -3.01. The summed E-state index contributed by atoms with van der Waals surface area (Å²) in [5.41, 5.74) is 0.229. The van der Waals surface area contributed by atoms with Gasteiger partial charge in [0, 0.05) is 18.2 Å². The largest absolute Gasteiger partial charge is 0.368 e. The molecule has 2 rings (SSSR count). The number of aromatic nitrogens is 2. The number of carbonyl (C=O) groups excluding carboxylic acids is 1. The summed E-state index contributed by atoms with van der Waals surface area (Å²) in [5, 5.41) is 5.77. The van der Waals surface area contributed by atoms with Crippen LogP contribution >= 0.6 is 0 Å². The minimum Gasteiger partial charge on any atom is -0.368 e. The zero-order valence-corrected chi connectivity index (χ0v) is 12.3. The van der Waals surface area contributed by atoms with Crippen LogP contribution in [0.4, 0.5) is 5.82 Å². The van der Waals surface area contributed by atoms with Crippen LogP contribution < -0.4 is 10.6 Å². The molecule has 7 nitrogen and oxygen atoms in total. The molecule has 8 heteroatoms. The van der Waals surface area contributed by atoms with Crippen LogP contribution in [0.3, 0.4) is 0 Å². The molecule has 0 aliphatic carbocycles. The highest BCUT2D eigenvalue weighted by molar-refractivity contribution is 7.91. The zero-order chi connectivity index (χ0) is 14.8. The lowest BCUT2D eigenvalue weighted by molar-refractivity contribution is 0.0936. The van der Waals surface area contributed by atoms with Crippen molar-refractivity contribution in [2.24, 2.45) is 0 Å². The van der Waals surface area contributed by atoms with Crippen LogP contribution in [0.25, 0.3) is 0 Å². The number of anilines is 1. The number of amides is 1. The van der Waals surface area contributed by atoms with E-state index in [1.807, 2.05) is 13.8 Å². The number of nitrogens with zero attached hydrogens (tertiary/aromatic N) is 2. The Morgan fingerprint density at radius 2 is 2.15 bits per heavy atom. The minimum atomic E-state index is -3.01. The lowest BCUT2D eigenvalue weighted by atomic mass is 10.2. The van der Waals surface area contributed by atoms with E-state index in [2.05, 4.69) is 20.6 Å². The summed E-state index contributed by atoms with van der Waals surface area (Å²) in [5.74, 6) is 0.323. The third-order valence-corrected chi connectivity index (χ3v) is 4.67. The summed E-state index contributed by atoms with van der Waals surface area (Å²) in [4.78, 5) is 20.0. The molecule has 0 bridgehead atoms. The average molecular weight is 298 g/mol. The van der Waals surface area contributed by atoms with Gasteiger partial charge in [0.2, 0.25) is 0 Å². The van der Waals surface area contributed by atoms with Gasteiger partial charge in [0.25, 0.3) is 5.91 Å². The number of rotatable bonds is 4. The second kappa shape index (κ2) is 5.74. The standard InChI is InChI=1S/C12H18N4O3S/c1-8(2)15-11-5-10(13-7-14-11)12(17)16-9-3-4-20(18,19)6-9/h5,7-9H,3-4,6H2,1-2H3,(H,16,17)(H,13,14,15). The summed E-state index contributed by atoms with van der Waals surface area (Å²) in [6.45, 7) is 3.93. The molecule has 1 unspecified atom stereocenters. The van der Waals surface area contributed by atoms with Crippen LogP contribution in [0.2, 0.25) is 0 Å². The van der Waals surface area contributed by atoms with Gasteiger partial charge in [-0.1, -0.05) is 0 Å². The second-order valence-corrected chi connectivity index (χ2v) is 7.39. The van der Waals surface area contributed by atoms with Gasteiger partial charge in [0.05, 0.1) is 11.5 Å². The second-order valence-electron chi connectivity index (χ2n) is 5.16. The Morgan fingerprint density at radius 3 is 2.75 bits per heavy atom. The summed E-state index contributed by atoms with van der Waals surface area (Å²) < 4.78 is 22.7.